The molecule has 1 aliphatic heterocycles. The Morgan fingerprint density at radius 3 is 2.65 bits per heavy atom. The summed E-state index contributed by atoms with van der Waals surface area (Å²) in [5.74, 6) is 2.91. The highest BCUT2D eigenvalue weighted by atomic mass is 35.5. The third-order valence-corrected chi connectivity index (χ3v) is 8.04. The maximum Gasteiger partial charge on any atom is 0.227 e. The van der Waals surface area contributed by atoms with Crippen LogP contribution in [0.4, 0.5) is 5.95 Å². The molecule has 1 atom stereocenters. The predicted molar refractivity (Wildman–Crippen MR) is 149 cm³/mol. The lowest BCUT2D eigenvalue weighted by Gasteiger charge is -2.38. The summed E-state index contributed by atoms with van der Waals surface area (Å²) in [4.78, 5) is 18.3. The number of benzene rings is 2. The lowest BCUT2D eigenvalue weighted by atomic mass is 9.73. The van der Waals surface area contributed by atoms with Crippen LogP contribution < -0.4 is 10.1 Å². The van der Waals surface area contributed by atoms with Crippen molar-refractivity contribution in [2.45, 2.75) is 63.9 Å². The number of ketones is 1. The SMILES string of the molecule is CC(C)CCOc1ccc(C2C3=C(CC(C)(C)CC3=O)Nc3nc(SCc4ccccc4Cl)nn32)cc1. The van der Waals surface area contributed by atoms with Crippen molar-refractivity contribution in [3.63, 3.8) is 0 Å². The number of nitrogens with one attached hydrogen (secondary N) is 1. The molecular weight excluding hydrogens is 504 g/mol. The molecule has 0 radical (unpaired) electrons. The summed E-state index contributed by atoms with van der Waals surface area (Å²) in [7, 11) is 0. The normalized spacial score (nSPS) is 18.4. The van der Waals surface area contributed by atoms with Gasteiger partial charge in [0.25, 0.3) is 0 Å². The van der Waals surface area contributed by atoms with Crippen LogP contribution >= 0.6 is 23.4 Å². The molecule has 0 fully saturated rings. The molecule has 1 aliphatic carbocycles. The van der Waals surface area contributed by atoms with E-state index in [1.807, 2.05) is 53.2 Å². The summed E-state index contributed by atoms with van der Waals surface area (Å²) in [5.41, 5.74) is 3.66. The van der Waals surface area contributed by atoms with Crippen molar-refractivity contribution < 1.29 is 9.53 Å². The highest BCUT2D eigenvalue weighted by molar-refractivity contribution is 7.98. The molecule has 2 aliphatic rings. The number of hydrogen-bond acceptors (Lipinski definition) is 6. The highest BCUT2D eigenvalue weighted by Crippen LogP contribution is 2.46. The number of rotatable bonds is 8. The second-order valence-electron chi connectivity index (χ2n) is 11.0. The summed E-state index contributed by atoms with van der Waals surface area (Å²) in [6.45, 7) is 9.34. The van der Waals surface area contributed by atoms with Gasteiger partial charge in [-0.05, 0) is 53.5 Å². The standard InChI is InChI=1S/C29H33ClN4O2S/c1-18(2)13-14-36-21-11-9-19(10-12-21)26-25-23(15-29(3,4)16-24(25)35)31-27-32-28(33-34(26)27)37-17-20-7-5-6-8-22(20)30/h5-12,18,26H,13-17H2,1-4H3,(H,31,32,33). The summed E-state index contributed by atoms with van der Waals surface area (Å²) < 4.78 is 7.79. The largest absolute Gasteiger partial charge is 0.494 e. The first-order chi connectivity index (χ1) is 17.7. The number of thioether (sulfide) groups is 1. The van der Waals surface area contributed by atoms with E-state index in [9.17, 15) is 4.79 Å². The first kappa shape index (κ1) is 25.9. The lowest BCUT2D eigenvalue weighted by molar-refractivity contribution is -0.118. The van der Waals surface area contributed by atoms with Crippen LogP contribution in [0.15, 0.2) is 65.0 Å². The number of halogens is 1. The van der Waals surface area contributed by atoms with Crippen molar-refractivity contribution in [3.8, 4) is 5.75 Å². The number of aromatic nitrogens is 3. The van der Waals surface area contributed by atoms with Gasteiger partial charge in [-0.25, -0.2) is 4.68 Å². The molecule has 1 N–H and O–H groups in total. The minimum Gasteiger partial charge on any atom is -0.494 e. The van der Waals surface area contributed by atoms with E-state index in [1.165, 1.54) is 11.8 Å². The van der Waals surface area contributed by atoms with E-state index in [1.54, 1.807) is 0 Å². The first-order valence-corrected chi connectivity index (χ1v) is 14.2. The number of anilines is 1. The number of ether oxygens (including phenoxy) is 1. The van der Waals surface area contributed by atoms with Crippen LogP contribution in [0.2, 0.25) is 5.02 Å². The topological polar surface area (TPSA) is 69.0 Å². The van der Waals surface area contributed by atoms with Gasteiger partial charge in [0.2, 0.25) is 11.1 Å². The van der Waals surface area contributed by atoms with Gasteiger partial charge in [-0.1, -0.05) is 81.4 Å². The molecule has 0 spiro atoms. The first-order valence-electron chi connectivity index (χ1n) is 12.8. The third-order valence-electron chi connectivity index (χ3n) is 6.79. The Morgan fingerprint density at radius 2 is 1.92 bits per heavy atom. The molecule has 3 aromatic rings. The third kappa shape index (κ3) is 5.73. The molecule has 194 valence electrons. The van der Waals surface area contributed by atoms with Gasteiger partial charge in [-0.2, -0.15) is 4.98 Å². The Balaban J connectivity index is 1.46. The molecule has 2 heterocycles. The van der Waals surface area contributed by atoms with Gasteiger partial charge >= 0.3 is 0 Å². The highest BCUT2D eigenvalue weighted by Gasteiger charge is 2.41. The van der Waals surface area contributed by atoms with Gasteiger partial charge in [0, 0.05) is 28.5 Å². The number of carbonyl (C=O) groups is 1. The second-order valence-corrected chi connectivity index (χ2v) is 12.4. The van der Waals surface area contributed by atoms with E-state index >= 15 is 0 Å². The maximum atomic E-state index is 13.5. The monoisotopic (exact) mass is 536 g/mol. The Hall–Kier alpha value is -2.77. The van der Waals surface area contributed by atoms with Crippen LogP contribution in [-0.2, 0) is 10.5 Å². The Morgan fingerprint density at radius 1 is 1.16 bits per heavy atom. The number of allylic oxidation sites excluding steroid dienone is 2. The summed E-state index contributed by atoms with van der Waals surface area (Å²) in [6, 6.07) is 15.5. The average Bonchev–Trinajstić information content (AvgIpc) is 3.24. The fraction of sp³-hybridized carbons (Fsp3) is 0.414. The Kier molecular flexibility index (Phi) is 7.37. The number of fused-ring (bicyclic) bond motifs is 1. The van der Waals surface area contributed by atoms with E-state index in [0.29, 0.717) is 35.8 Å². The molecule has 6 nitrogen and oxygen atoms in total. The van der Waals surface area contributed by atoms with Crippen LogP contribution in [-0.4, -0.2) is 27.2 Å². The quantitative estimate of drug-likeness (QED) is 0.304. The van der Waals surface area contributed by atoms with Crippen LogP contribution in [0.1, 0.15) is 64.1 Å². The molecule has 2 aromatic carbocycles. The van der Waals surface area contributed by atoms with Crippen LogP contribution in [0.5, 0.6) is 5.75 Å². The van der Waals surface area contributed by atoms with Gasteiger partial charge in [0.15, 0.2) is 5.78 Å². The van der Waals surface area contributed by atoms with E-state index in [2.05, 4.69) is 33.0 Å². The van der Waals surface area contributed by atoms with Gasteiger partial charge in [0.1, 0.15) is 11.8 Å². The molecule has 0 amide bonds. The minimum atomic E-state index is -0.332. The van der Waals surface area contributed by atoms with Crippen molar-refractivity contribution in [1.29, 1.82) is 0 Å². The van der Waals surface area contributed by atoms with Crippen LogP contribution in [0.25, 0.3) is 0 Å². The molecule has 1 aromatic heterocycles. The smallest absolute Gasteiger partial charge is 0.227 e. The molecule has 0 bridgehead atoms. The number of nitrogens with zero attached hydrogens (tertiary/aromatic N) is 3. The van der Waals surface area contributed by atoms with Crippen molar-refractivity contribution in [1.82, 2.24) is 14.8 Å². The van der Waals surface area contributed by atoms with E-state index in [-0.39, 0.29) is 17.2 Å². The van der Waals surface area contributed by atoms with Crippen LogP contribution in [0, 0.1) is 11.3 Å². The van der Waals surface area contributed by atoms with E-state index in [4.69, 9.17) is 26.4 Å². The lowest BCUT2D eigenvalue weighted by Crippen LogP contribution is -2.36. The number of hydrogen-bond donors (Lipinski definition) is 1. The molecule has 0 saturated carbocycles. The van der Waals surface area contributed by atoms with Crippen molar-refractivity contribution >= 4 is 35.1 Å². The average molecular weight is 537 g/mol. The summed E-state index contributed by atoms with van der Waals surface area (Å²) in [6.07, 6.45) is 2.31. The Bertz CT molecular complexity index is 1330. The molecule has 37 heavy (non-hydrogen) atoms. The molecule has 5 rings (SSSR count). The number of Topliss-reactive ketones (excluding diaryl/α,β-unsaturated/α-hetero) is 1. The zero-order valence-corrected chi connectivity index (χ0v) is 23.3. The Labute approximate surface area is 227 Å². The predicted octanol–water partition coefficient (Wildman–Crippen LogP) is 7.31. The summed E-state index contributed by atoms with van der Waals surface area (Å²) in [5, 5.41) is 9.68. The van der Waals surface area contributed by atoms with Gasteiger partial charge < -0.3 is 10.1 Å². The van der Waals surface area contributed by atoms with Crippen molar-refractivity contribution in [3.05, 3.63) is 76.0 Å². The zero-order valence-electron chi connectivity index (χ0n) is 21.8. The molecule has 0 saturated heterocycles. The van der Waals surface area contributed by atoms with Crippen molar-refractivity contribution in [2.75, 3.05) is 11.9 Å². The fourth-order valence-electron chi connectivity index (χ4n) is 4.88. The van der Waals surface area contributed by atoms with Gasteiger partial charge in [-0.15, -0.1) is 5.10 Å². The number of carbonyl (C=O) groups excluding carboxylic acids is 1. The second kappa shape index (κ2) is 10.5. The van der Waals surface area contributed by atoms with Crippen molar-refractivity contribution in [2.24, 2.45) is 11.3 Å². The van der Waals surface area contributed by atoms with Gasteiger partial charge in [-0.3, -0.25) is 4.79 Å². The minimum absolute atomic E-state index is 0.106. The van der Waals surface area contributed by atoms with E-state index in [0.717, 1.165) is 46.0 Å². The summed E-state index contributed by atoms with van der Waals surface area (Å²) >= 11 is 7.89. The maximum absolute atomic E-state index is 13.5. The van der Waals surface area contributed by atoms with Gasteiger partial charge in [0.05, 0.1) is 6.61 Å². The van der Waals surface area contributed by atoms with Crippen LogP contribution in [0.3, 0.4) is 0 Å². The zero-order chi connectivity index (χ0) is 26.2. The molecular formula is C29H33ClN4O2S. The van der Waals surface area contributed by atoms with E-state index < -0.39 is 0 Å². The molecule has 1 unspecified atom stereocenters. The molecule has 8 heteroatoms. The fourth-order valence-corrected chi connectivity index (χ4v) is 5.99.